The second-order valence-electron chi connectivity index (χ2n) is 7.04. The third-order valence-electron chi connectivity index (χ3n) is 5.38. The number of nitriles is 1. The van der Waals surface area contributed by atoms with E-state index in [0.29, 0.717) is 23.2 Å². The molecule has 5 heterocycles. The quantitative estimate of drug-likeness (QED) is 0.690. The number of nitrogens with zero attached hydrogens (tertiary/aromatic N) is 8. The minimum Gasteiger partial charge on any atom is -0.356 e. The van der Waals surface area contributed by atoms with Crippen molar-refractivity contribution in [2.75, 3.05) is 36.0 Å². The molecule has 8 heteroatoms. The molecule has 26 heavy (non-hydrogen) atoms. The predicted molar refractivity (Wildman–Crippen MR) is 95.9 cm³/mol. The molecule has 2 unspecified atom stereocenters. The van der Waals surface area contributed by atoms with E-state index in [-0.39, 0.29) is 0 Å². The van der Waals surface area contributed by atoms with Crippen molar-refractivity contribution in [3.63, 3.8) is 0 Å². The molecule has 3 aromatic heterocycles. The summed E-state index contributed by atoms with van der Waals surface area (Å²) in [5.74, 6) is 3.62. The zero-order valence-electron chi connectivity index (χ0n) is 14.4. The lowest BCUT2D eigenvalue weighted by molar-refractivity contribution is 0.533. The van der Waals surface area contributed by atoms with Gasteiger partial charge in [0.2, 0.25) is 0 Å². The predicted octanol–water partition coefficient (Wildman–Crippen LogP) is 1.27. The van der Waals surface area contributed by atoms with Crippen LogP contribution in [0.3, 0.4) is 0 Å². The van der Waals surface area contributed by atoms with Gasteiger partial charge in [-0.3, -0.25) is 0 Å². The number of hydrogen-bond acceptors (Lipinski definition) is 7. The van der Waals surface area contributed by atoms with Crippen LogP contribution in [0.15, 0.2) is 30.7 Å². The smallest absolute Gasteiger partial charge is 0.254 e. The topological polar surface area (TPSA) is 86.2 Å². The van der Waals surface area contributed by atoms with Crippen molar-refractivity contribution < 1.29 is 0 Å². The number of rotatable bonds is 2. The molecule has 2 atom stereocenters. The largest absolute Gasteiger partial charge is 0.356 e. The van der Waals surface area contributed by atoms with Gasteiger partial charge < -0.3 is 9.80 Å². The fraction of sp³-hybridized carbons (Fsp3) is 0.389. The van der Waals surface area contributed by atoms with Crippen molar-refractivity contribution >= 4 is 17.4 Å². The first-order valence-electron chi connectivity index (χ1n) is 8.75. The summed E-state index contributed by atoms with van der Waals surface area (Å²) in [5.41, 5.74) is 1.60. The van der Waals surface area contributed by atoms with E-state index in [2.05, 4.69) is 42.0 Å². The minimum absolute atomic E-state index is 0.551. The highest BCUT2D eigenvalue weighted by atomic mass is 15.4. The van der Waals surface area contributed by atoms with Crippen molar-refractivity contribution in [2.45, 2.75) is 6.92 Å². The average molecular weight is 346 g/mol. The van der Waals surface area contributed by atoms with Crippen LogP contribution in [0.25, 0.3) is 5.78 Å². The summed E-state index contributed by atoms with van der Waals surface area (Å²) in [6, 6.07) is 7.99. The van der Waals surface area contributed by atoms with E-state index in [0.717, 1.165) is 43.5 Å². The molecule has 0 spiro atoms. The lowest BCUT2D eigenvalue weighted by Crippen LogP contribution is -2.30. The van der Waals surface area contributed by atoms with Crippen LogP contribution in [0.5, 0.6) is 0 Å². The van der Waals surface area contributed by atoms with Gasteiger partial charge in [0.15, 0.2) is 0 Å². The summed E-state index contributed by atoms with van der Waals surface area (Å²) in [5, 5.41) is 13.7. The van der Waals surface area contributed by atoms with Gasteiger partial charge in [0.25, 0.3) is 5.78 Å². The third kappa shape index (κ3) is 2.28. The number of hydrogen-bond donors (Lipinski definition) is 0. The van der Waals surface area contributed by atoms with E-state index in [9.17, 15) is 5.26 Å². The lowest BCUT2D eigenvalue weighted by Gasteiger charge is -2.24. The highest BCUT2D eigenvalue weighted by Crippen LogP contribution is 2.36. The van der Waals surface area contributed by atoms with Gasteiger partial charge in [-0.15, -0.1) is 0 Å². The molecule has 2 saturated heterocycles. The first kappa shape index (κ1) is 15.1. The van der Waals surface area contributed by atoms with Crippen molar-refractivity contribution in [2.24, 2.45) is 11.8 Å². The summed E-state index contributed by atoms with van der Waals surface area (Å²) in [7, 11) is 0. The van der Waals surface area contributed by atoms with Crippen LogP contribution in [0.2, 0.25) is 0 Å². The minimum atomic E-state index is 0.551. The summed E-state index contributed by atoms with van der Waals surface area (Å²) < 4.78 is 1.82. The fourth-order valence-corrected chi connectivity index (χ4v) is 4.23. The molecule has 0 radical (unpaired) electrons. The Morgan fingerprint density at radius 1 is 1.12 bits per heavy atom. The molecule has 0 saturated carbocycles. The lowest BCUT2D eigenvalue weighted by atomic mass is 10.0. The Morgan fingerprint density at radius 3 is 2.65 bits per heavy atom. The Labute approximate surface area is 150 Å². The Morgan fingerprint density at radius 2 is 1.88 bits per heavy atom. The second-order valence-corrected chi connectivity index (χ2v) is 7.04. The Balaban J connectivity index is 1.39. The van der Waals surface area contributed by atoms with Crippen LogP contribution in [-0.4, -0.2) is 50.7 Å². The maximum absolute atomic E-state index is 9.33. The van der Waals surface area contributed by atoms with Crippen LogP contribution >= 0.6 is 0 Å². The molecule has 2 fully saturated rings. The van der Waals surface area contributed by atoms with Gasteiger partial charge in [-0.1, -0.05) is 0 Å². The number of aromatic nitrogens is 5. The Kier molecular flexibility index (Phi) is 3.28. The zero-order valence-corrected chi connectivity index (χ0v) is 14.4. The summed E-state index contributed by atoms with van der Waals surface area (Å²) in [6.07, 6.45) is 3.31. The molecule has 0 N–H and O–H groups in total. The van der Waals surface area contributed by atoms with Crippen molar-refractivity contribution in [1.29, 1.82) is 5.26 Å². The van der Waals surface area contributed by atoms with Gasteiger partial charge in [0, 0.05) is 56.0 Å². The molecule has 0 bridgehead atoms. The highest BCUT2D eigenvalue weighted by Gasteiger charge is 2.41. The van der Waals surface area contributed by atoms with E-state index in [1.807, 2.05) is 23.6 Å². The van der Waals surface area contributed by atoms with Gasteiger partial charge in [-0.05, 0) is 19.1 Å². The second kappa shape index (κ2) is 5.66. The van der Waals surface area contributed by atoms with Crippen molar-refractivity contribution in [3.05, 3.63) is 42.0 Å². The van der Waals surface area contributed by atoms with Crippen molar-refractivity contribution in [1.82, 2.24) is 24.6 Å². The van der Waals surface area contributed by atoms with Gasteiger partial charge in [0.1, 0.15) is 24.0 Å². The van der Waals surface area contributed by atoms with E-state index in [1.54, 1.807) is 12.5 Å². The monoisotopic (exact) mass is 346 g/mol. The van der Waals surface area contributed by atoms with Gasteiger partial charge >= 0.3 is 0 Å². The van der Waals surface area contributed by atoms with Gasteiger partial charge in [0.05, 0.1) is 5.56 Å². The summed E-state index contributed by atoms with van der Waals surface area (Å²) in [6.45, 7) is 5.78. The van der Waals surface area contributed by atoms with Crippen LogP contribution < -0.4 is 9.80 Å². The molecule has 3 aromatic rings. The molecule has 2 aliphatic rings. The third-order valence-corrected chi connectivity index (χ3v) is 5.38. The first-order valence-corrected chi connectivity index (χ1v) is 8.75. The molecule has 2 aliphatic heterocycles. The Hall–Kier alpha value is -3.21. The standard InChI is InChI=1S/C18H18N8/c1-12-5-16(26-18(23-12)21-11-22-26)24-7-14-9-25(10-15(14)8-24)17-13(6-19)3-2-4-20-17/h2-5,11,14-15H,7-10H2,1H3. The van der Waals surface area contributed by atoms with E-state index < -0.39 is 0 Å². The number of anilines is 2. The van der Waals surface area contributed by atoms with Crippen LogP contribution in [0, 0.1) is 30.1 Å². The number of fused-ring (bicyclic) bond motifs is 2. The fourth-order valence-electron chi connectivity index (χ4n) is 4.23. The van der Waals surface area contributed by atoms with Crippen molar-refractivity contribution in [3.8, 4) is 6.07 Å². The Bertz CT molecular complexity index is 1010. The molecule has 5 rings (SSSR count). The van der Waals surface area contributed by atoms with E-state index >= 15 is 0 Å². The summed E-state index contributed by atoms with van der Waals surface area (Å²) in [4.78, 5) is 17.7. The first-order chi connectivity index (χ1) is 12.7. The number of pyridine rings is 1. The van der Waals surface area contributed by atoms with Crippen LogP contribution in [-0.2, 0) is 0 Å². The molecule has 0 aliphatic carbocycles. The van der Waals surface area contributed by atoms with E-state index in [1.165, 1.54) is 0 Å². The molecule has 0 amide bonds. The van der Waals surface area contributed by atoms with E-state index in [4.69, 9.17) is 0 Å². The normalized spacial score (nSPS) is 22.0. The maximum Gasteiger partial charge on any atom is 0.254 e. The maximum atomic E-state index is 9.33. The van der Waals surface area contributed by atoms with Gasteiger partial charge in [-0.2, -0.15) is 19.9 Å². The molecule has 130 valence electrons. The molecule has 0 aromatic carbocycles. The summed E-state index contributed by atoms with van der Waals surface area (Å²) >= 11 is 0. The molecular weight excluding hydrogens is 328 g/mol. The van der Waals surface area contributed by atoms with Crippen LogP contribution in [0.1, 0.15) is 11.3 Å². The average Bonchev–Trinajstić information content (AvgIpc) is 3.35. The zero-order chi connectivity index (χ0) is 17.7. The highest BCUT2D eigenvalue weighted by molar-refractivity contribution is 5.55. The number of aryl methyl sites for hydroxylation is 1. The van der Waals surface area contributed by atoms with Gasteiger partial charge in [-0.25, -0.2) is 9.97 Å². The van der Waals surface area contributed by atoms with Crippen LogP contribution in [0.4, 0.5) is 11.6 Å². The SMILES string of the molecule is Cc1cc(N2CC3CN(c4ncccc4C#N)CC3C2)n2ncnc2n1. The molecular formula is C18H18N8. The molecule has 8 nitrogen and oxygen atoms in total.